The van der Waals surface area contributed by atoms with E-state index in [1.165, 1.54) is 24.8 Å². The summed E-state index contributed by atoms with van der Waals surface area (Å²) in [6.07, 6.45) is 5.88. The third kappa shape index (κ3) is 5.61. The number of nitrogens with zero attached hydrogens (tertiary/aromatic N) is 2. The number of guanidine groups is 1. The van der Waals surface area contributed by atoms with Gasteiger partial charge in [-0.2, -0.15) is 0 Å². The second kappa shape index (κ2) is 10.2. The summed E-state index contributed by atoms with van der Waals surface area (Å²) in [5, 5.41) is 10.8. The monoisotopic (exact) mass is 450 g/mol. The second-order valence-corrected chi connectivity index (χ2v) is 6.50. The van der Waals surface area contributed by atoms with Gasteiger partial charge in [0.05, 0.1) is 5.69 Å². The van der Waals surface area contributed by atoms with Crippen LogP contribution < -0.4 is 10.6 Å². The van der Waals surface area contributed by atoms with E-state index in [0.717, 1.165) is 50.0 Å². The molecule has 2 rings (SSSR count). The minimum absolute atomic E-state index is 0. The Hall–Kier alpha value is -0.830. The Labute approximate surface area is 162 Å². The molecule has 1 saturated carbocycles. The van der Waals surface area contributed by atoms with Crippen LogP contribution in [0.3, 0.4) is 0 Å². The van der Waals surface area contributed by atoms with Gasteiger partial charge in [0.2, 0.25) is 0 Å². The zero-order valence-electron chi connectivity index (χ0n) is 15.3. The molecule has 1 aromatic rings. The standard InChI is InChI=1S/C17H30N4O2.HI/c1-13-15(14(2)23-21-13)6-10-19-16(18-3)20-12-17(7-5-8-17)9-11-22-4;/h5-12H2,1-4H3,(H2,18,19,20);1H. The van der Waals surface area contributed by atoms with E-state index in [1.807, 2.05) is 20.9 Å². The van der Waals surface area contributed by atoms with Crippen LogP contribution >= 0.6 is 24.0 Å². The molecule has 0 aromatic carbocycles. The normalized spacial score (nSPS) is 16.2. The Bertz CT molecular complexity index is 507. The molecule has 1 aromatic heterocycles. The van der Waals surface area contributed by atoms with Gasteiger partial charge in [-0.05, 0) is 44.9 Å². The molecular weight excluding hydrogens is 419 g/mol. The van der Waals surface area contributed by atoms with E-state index >= 15 is 0 Å². The third-order valence-electron chi connectivity index (χ3n) is 4.95. The summed E-state index contributed by atoms with van der Waals surface area (Å²) in [7, 11) is 3.59. The van der Waals surface area contributed by atoms with Gasteiger partial charge in [0.15, 0.2) is 5.96 Å². The van der Waals surface area contributed by atoms with Crippen molar-refractivity contribution in [3.05, 3.63) is 17.0 Å². The van der Waals surface area contributed by atoms with Gasteiger partial charge in [0.25, 0.3) is 0 Å². The molecule has 0 aliphatic heterocycles. The first-order chi connectivity index (χ1) is 11.1. The van der Waals surface area contributed by atoms with E-state index in [1.54, 1.807) is 7.11 Å². The number of halogens is 1. The highest BCUT2D eigenvalue weighted by atomic mass is 127. The number of ether oxygens (including phenoxy) is 1. The van der Waals surface area contributed by atoms with Gasteiger partial charge in [0.1, 0.15) is 5.76 Å². The number of aryl methyl sites for hydroxylation is 2. The molecule has 1 aliphatic rings. The molecule has 2 N–H and O–H groups in total. The van der Waals surface area contributed by atoms with E-state index in [4.69, 9.17) is 9.26 Å². The van der Waals surface area contributed by atoms with Gasteiger partial charge in [-0.3, -0.25) is 4.99 Å². The van der Waals surface area contributed by atoms with Crippen molar-refractivity contribution in [1.82, 2.24) is 15.8 Å². The topological polar surface area (TPSA) is 71.7 Å². The van der Waals surface area contributed by atoms with Crippen LogP contribution in [-0.2, 0) is 11.2 Å². The zero-order valence-corrected chi connectivity index (χ0v) is 17.6. The van der Waals surface area contributed by atoms with Crippen LogP contribution in [0.5, 0.6) is 0 Å². The highest BCUT2D eigenvalue weighted by molar-refractivity contribution is 14.0. The highest BCUT2D eigenvalue weighted by Gasteiger charge is 2.36. The summed E-state index contributed by atoms with van der Waals surface area (Å²) in [6, 6.07) is 0. The maximum atomic E-state index is 5.25. The molecular formula is C17H31IN4O2. The fourth-order valence-electron chi connectivity index (χ4n) is 3.17. The molecule has 138 valence electrons. The smallest absolute Gasteiger partial charge is 0.191 e. The van der Waals surface area contributed by atoms with Crippen LogP contribution in [-0.4, -0.2) is 45.0 Å². The first-order valence-electron chi connectivity index (χ1n) is 8.45. The average Bonchev–Trinajstić information content (AvgIpc) is 2.83. The van der Waals surface area contributed by atoms with Crippen molar-refractivity contribution in [3.63, 3.8) is 0 Å². The number of rotatable bonds is 8. The molecule has 0 spiro atoms. The second-order valence-electron chi connectivity index (χ2n) is 6.50. The SMILES string of the molecule is CN=C(NCCc1c(C)noc1C)NCC1(CCOC)CCC1.I. The number of aliphatic imine (C=N–C) groups is 1. The fourth-order valence-corrected chi connectivity index (χ4v) is 3.17. The van der Waals surface area contributed by atoms with Crippen LogP contribution in [0.15, 0.2) is 9.52 Å². The number of hydrogen-bond donors (Lipinski definition) is 2. The minimum atomic E-state index is 0. The lowest BCUT2D eigenvalue weighted by Crippen LogP contribution is -2.47. The van der Waals surface area contributed by atoms with Crippen molar-refractivity contribution in [2.45, 2.75) is 46.0 Å². The molecule has 1 heterocycles. The van der Waals surface area contributed by atoms with Crippen LogP contribution in [0, 0.1) is 19.3 Å². The maximum absolute atomic E-state index is 5.25. The first kappa shape index (κ1) is 21.2. The van der Waals surface area contributed by atoms with Gasteiger partial charge in [-0.15, -0.1) is 24.0 Å². The van der Waals surface area contributed by atoms with Gasteiger partial charge >= 0.3 is 0 Å². The number of aromatic nitrogens is 1. The predicted octanol–water partition coefficient (Wildman–Crippen LogP) is 2.82. The Kier molecular flexibility index (Phi) is 9.04. The Morgan fingerprint density at radius 2 is 2.08 bits per heavy atom. The van der Waals surface area contributed by atoms with Gasteiger partial charge < -0.3 is 19.9 Å². The van der Waals surface area contributed by atoms with Crippen molar-refractivity contribution in [1.29, 1.82) is 0 Å². The van der Waals surface area contributed by atoms with Crippen LogP contribution in [0.4, 0.5) is 0 Å². The molecule has 0 atom stereocenters. The quantitative estimate of drug-likeness (QED) is 0.362. The summed E-state index contributed by atoms with van der Waals surface area (Å²) in [6.45, 7) is 6.54. The molecule has 0 bridgehead atoms. The summed E-state index contributed by atoms with van der Waals surface area (Å²) < 4.78 is 10.4. The average molecular weight is 450 g/mol. The molecule has 1 fully saturated rings. The summed E-state index contributed by atoms with van der Waals surface area (Å²) in [4.78, 5) is 4.32. The molecule has 0 amide bonds. The van der Waals surface area contributed by atoms with Crippen molar-refractivity contribution in [3.8, 4) is 0 Å². The first-order valence-corrected chi connectivity index (χ1v) is 8.45. The molecule has 7 heteroatoms. The highest BCUT2D eigenvalue weighted by Crippen LogP contribution is 2.43. The largest absolute Gasteiger partial charge is 0.385 e. The van der Waals surface area contributed by atoms with Gasteiger partial charge in [-0.25, -0.2) is 0 Å². The summed E-state index contributed by atoms with van der Waals surface area (Å²) >= 11 is 0. The van der Waals surface area contributed by atoms with Crippen LogP contribution in [0.2, 0.25) is 0 Å². The van der Waals surface area contributed by atoms with E-state index in [9.17, 15) is 0 Å². The maximum Gasteiger partial charge on any atom is 0.191 e. The lowest BCUT2D eigenvalue weighted by molar-refractivity contribution is 0.0732. The summed E-state index contributed by atoms with van der Waals surface area (Å²) in [5.74, 6) is 1.76. The molecule has 0 unspecified atom stereocenters. The Morgan fingerprint density at radius 1 is 1.33 bits per heavy atom. The molecule has 24 heavy (non-hydrogen) atoms. The number of nitrogens with one attached hydrogen (secondary N) is 2. The molecule has 0 radical (unpaired) electrons. The molecule has 1 aliphatic carbocycles. The van der Waals surface area contributed by atoms with Crippen molar-refractivity contribution in [2.24, 2.45) is 10.4 Å². The van der Waals surface area contributed by atoms with E-state index in [2.05, 4.69) is 20.8 Å². The van der Waals surface area contributed by atoms with E-state index in [0.29, 0.717) is 5.41 Å². The lowest BCUT2D eigenvalue weighted by atomic mass is 9.67. The van der Waals surface area contributed by atoms with Crippen molar-refractivity contribution < 1.29 is 9.26 Å². The number of hydrogen-bond acceptors (Lipinski definition) is 4. The Balaban J connectivity index is 0.00000288. The van der Waals surface area contributed by atoms with Crippen molar-refractivity contribution >= 4 is 29.9 Å². The van der Waals surface area contributed by atoms with E-state index < -0.39 is 0 Å². The zero-order chi connectivity index (χ0) is 16.7. The molecule has 6 nitrogen and oxygen atoms in total. The van der Waals surface area contributed by atoms with Crippen LogP contribution in [0.25, 0.3) is 0 Å². The fraction of sp³-hybridized carbons (Fsp3) is 0.765. The lowest BCUT2D eigenvalue weighted by Gasteiger charge is -2.42. The third-order valence-corrected chi connectivity index (χ3v) is 4.95. The Morgan fingerprint density at radius 3 is 2.58 bits per heavy atom. The van der Waals surface area contributed by atoms with Gasteiger partial charge in [-0.1, -0.05) is 11.6 Å². The molecule has 0 saturated heterocycles. The van der Waals surface area contributed by atoms with Crippen LogP contribution in [0.1, 0.15) is 42.7 Å². The predicted molar refractivity (Wildman–Crippen MR) is 107 cm³/mol. The van der Waals surface area contributed by atoms with E-state index in [-0.39, 0.29) is 24.0 Å². The van der Waals surface area contributed by atoms with Crippen molar-refractivity contribution in [2.75, 3.05) is 33.9 Å². The summed E-state index contributed by atoms with van der Waals surface area (Å²) in [5.41, 5.74) is 2.54. The minimum Gasteiger partial charge on any atom is -0.385 e. The number of methoxy groups -OCH3 is 1. The van der Waals surface area contributed by atoms with Gasteiger partial charge in [0, 0.05) is 39.4 Å².